The van der Waals surface area contributed by atoms with Gasteiger partial charge in [0, 0.05) is 7.05 Å². The molecule has 2 aromatic rings. The number of ether oxygens (including phenoxy) is 1. The maximum absolute atomic E-state index is 12.9. The fourth-order valence-corrected chi connectivity index (χ4v) is 2.35. The van der Waals surface area contributed by atoms with Crippen molar-refractivity contribution in [1.82, 2.24) is 4.90 Å². The number of halogens is 1. The van der Waals surface area contributed by atoms with E-state index in [0.29, 0.717) is 5.75 Å². The van der Waals surface area contributed by atoms with Gasteiger partial charge in [-0.2, -0.15) is 0 Å². The third-order valence-corrected chi connectivity index (χ3v) is 3.80. The Labute approximate surface area is 135 Å². The number of methoxy groups -OCH3 is 1. The maximum atomic E-state index is 12.9. The van der Waals surface area contributed by atoms with Crippen LogP contribution in [0.25, 0.3) is 0 Å². The van der Waals surface area contributed by atoms with E-state index in [2.05, 4.69) is 0 Å². The average molecular weight is 317 g/mol. The zero-order valence-corrected chi connectivity index (χ0v) is 13.2. The minimum atomic E-state index is -0.436. The number of carbonyl (C=O) groups is 1. The molecule has 0 saturated carbocycles. The molecule has 1 atom stereocenters. The van der Waals surface area contributed by atoms with Crippen molar-refractivity contribution in [2.45, 2.75) is 12.5 Å². The lowest BCUT2D eigenvalue weighted by molar-refractivity contribution is -0.132. The molecule has 0 aliphatic heterocycles. The number of aliphatic hydroxyl groups excluding tert-OH is 1. The lowest BCUT2D eigenvalue weighted by Crippen LogP contribution is -2.34. The number of benzene rings is 2. The van der Waals surface area contributed by atoms with Crippen molar-refractivity contribution in [2.24, 2.45) is 0 Å². The fraction of sp³-hybridized carbons (Fsp3) is 0.278. The van der Waals surface area contributed by atoms with Crippen LogP contribution in [0.15, 0.2) is 48.5 Å². The van der Waals surface area contributed by atoms with E-state index in [0.717, 1.165) is 11.1 Å². The van der Waals surface area contributed by atoms with Gasteiger partial charge in [0.2, 0.25) is 5.91 Å². The van der Waals surface area contributed by atoms with Crippen LogP contribution in [0, 0.1) is 5.82 Å². The molecule has 1 N–H and O–H groups in total. The standard InChI is InChI=1S/C18H20FNO3/c1-20(18(22)11-13-3-7-15(19)8-4-13)17(12-21)14-5-9-16(23-2)10-6-14/h3-10,17,21H,11-12H2,1-2H3. The quantitative estimate of drug-likeness (QED) is 0.891. The van der Waals surface area contributed by atoms with E-state index < -0.39 is 6.04 Å². The molecule has 23 heavy (non-hydrogen) atoms. The highest BCUT2D eigenvalue weighted by Gasteiger charge is 2.21. The van der Waals surface area contributed by atoms with E-state index in [4.69, 9.17) is 4.74 Å². The Hall–Kier alpha value is -2.40. The van der Waals surface area contributed by atoms with Crippen LogP contribution in [0.2, 0.25) is 0 Å². The predicted octanol–water partition coefficient (Wildman–Crippen LogP) is 2.57. The minimum Gasteiger partial charge on any atom is -0.497 e. The van der Waals surface area contributed by atoms with Gasteiger partial charge in [-0.25, -0.2) is 4.39 Å². The molecule has 122 valence electrons. The van der Waals surface area contributed by atoms with E-state index in [9.17, 15) is 14.3 Å². The first-order valence-corrected chi connectivity index (χ1v) is 7.30. The number of amides is 1. The highest BCUT2D eigenvalue weighted by molar-refractivity contribution is 5.79. The molecular formula is C18H20FNO3. The van der Waals surface area contributed by atoms with Crippen molar-refractivity contribution >= 4 is 5.91 Å². The monoisotopic (exact) mass is 317 g/mol. The van der Waals surface area contributed by atoms with Crippen molar-refractivity contribution in [2.75, 3.05) is 20.8 Å². The largest absolute Gasteiger partial charge is 0.497 e. The van der Waals surface area contributed by atoms with Crippen LogP contribution < -0.4 is 4.74 Å². The zero-order valence-electron chi connectivity index (χ0n) is 13.2. The van der Waals surface area contributed by atoms with E-state index in [1.807, 2.05) is 12.1 Å². The summed E-state index contributed by atoms with van der Waals surface area (Å²) in [6.07, 6.45) is 0.156. The van der Waals surface area contributed by atoms with Crippen molar-refractivity contribution in [3.63, 3.8) is 0 Å². The van der Waals surface area contributed by atoms with Crippen LogP contribution in [0.4, 0.5) is 4.39 Å². The van der Waals surface area contributed by atoms with Gasteiger partial charge in [0.25, 0.3) is 0 Å². The Kier molecular flexibility index (Phi) is 5.71. The highest BCUT2D eigenvalue weighted by atomic mass is 19.1. The summed E-state index contributed by atoms with van der Waals surface area (Å²) in [5.74, 6) is 0.234. The fourth-order valence-electron chi connectivity index (χ4n) is 2.35. The van der Waals surface area contributed by atoms with Crippen molar-refractivity contribution < 1.29 is 19.0 Å². The molecule has 0 fully saturated rings. The second kappa shape index (κ2) is 7.74. The second-order valence-corrected chi connectivity index (χ2v) is 5.28. The van der Waals surface area contributed by atoms with Gasteiger partial charge in [-0.1, -0.05) is 24.3 Å². The summed E-state index contributed by atoms with van der Waals surface area (Å²) in [4.78, 5) is 13.9. The zero-order chi connectivity index (χ0) is 16.8. The molecule has 0 aromatic heterocycles. The SMILES string of the molecule is COc1ccc(C(CO)N(C)C(=O)Cc2ccc(F)cc2)cc1. The predicted molar refractivity (Wildman–Crippen MR) is 85.7 cm³/mol. The smallest absolute Gasteiger partial charge is 0.227 e. The Morgan fingerprint density at radius 3 is 2.30 bits per heavy atom. The summed E-state index contributed by atoms with van der Waals surface area (Å²) in [5.41, 5.74) is 1.55. The average Bonchev–Trinajstić information content (AvgIpc) is 2.58. The van der Waals surface area contributed by atoms with Crippen molar-refractivity contribution in [3.05, 3.63) is 65.5 Å². The van der Waals surface area contributed by atoms with Crippen LogP contribution in [0.1, 0.15) is 17.2 Å². The van der Waals surface area contributed by atoms with Crippen LogP contribution in [-0.4, -0.2) is 36.7 Å². The maximum Gasteiger partial charge on any atom is 0.227 e. The highest BCUT2D eigenvalue weighted by Crippen LogP contribution is 2.22. The minimum absolute atomic E-state index is 0.147. The Morgan fingerprint density at radius 2 is 1.78 bits per heavy atom. The van der Waals surface area contributed by atoms with Gasteiger partial charge in [0.15, 0.2) is 0 Å². The lowest BCUT2D eigenvalue weighted by atomic mass is 10.0. The molecule has 0 saturated heterocycles. The molecule has 0 aliphatic rings. The van der Waals surface area contributed by atoms with Gasteiger partial charge in [0.1, 0.15) is 11.6 Å². The van der Waals surface area contributed by atoms with Gasteiger partial charge in [-0.15, -0.1) is 0 Å². The first-order valence-electron chi connectivity index (χ1n) is 7.30. The van der Waals surface area contributed by atoms with Crippen molar-refractivity contribution in [3.8, 4) is 5.75 Å². The Bertz CT molecular complexity index is 640. The van der Waals surface area contributed by atoms with E-state index in [1.54, 1.807) is 38.4 Å². The summed E-state index contributed by atoms with van der Waals surface area (Å²) in [6, 6.07) is 12.6. The van der Waals surface area contributed by atoms with Gasteiger partial charge in [-0.05, 0) is 35.4 Å². The molecule has 0 radical (unpaired) electrons. The molecule has 1 unspecified atom stereocenters. The number of hydrogen-bond donors (Lipinski definition) is 1. The first kappa shape index (κ1) is 17.0. The Morgan fingerprint density at radius 1 is 1.17 bits per heavy atom. The molecule has 0 aliphatic carbocycles. The topological polar surface area (TPSA) is 49.8 Å². The van der Waals surface area contributed by atoms with Gasteiger partial charge in [-0.3, -0.25) is 4.79 Å². The number of carbonyl (C=O) groups excluding carboxylic acids is 1. The number of aliphatic hydroxyl groups is 1. The van der Waals surface area contributed by atoms with Crippen LogP contribution in [0.5, 0.6) is 5.75 Å². The molecule has 0 bridgehead atoms. The summed E-state index contributed by atoms with van der Waals surface area (Å²) < 4.78 is 18.0. The molecular weight excluding hydrogens is 297 g/mol. The molecule has 2 aromatic carbocycles. The van der Waals surface area contributed by atoms with Gasteiger partial charge >= 0.3 is 0 Å². The molecule has 5 heteroatoms. The van der Waals surface area contributed by atoms with E-state index >= 15 is 0 Å². The molecule has 2 rings (SSSR count). The summed E-state index contributed by atoms with van der Waals surface area (Å²) in [5, 5.41) is 9.65. The summed E-state index contributed by atoms with van der Waals surface area (Å²) in [6.45, 7) is -0.183. The Balaban J connectivity index is 2.09. The van der Waals surface area contributed by atoms with E-state index in [1.165, 1.54) is 17.0 Å². The number of likely N-dealkylation sites (N-methyl/N-ethyl adjacent to an activating group) is 1. The molecule has 0 spiro atoms. The lowest BCUT2D eigenvalue weighted by Gasteiger charge is -2.27. The summed E-state index contributed by atoms with van der Waals surface area (Å²) >= 11 is 0. The molecule has 0 heterocycles. The number of hydrogen-bond acceptors (Lipinski definition) is 3. The first-order chi connectivity index (χ1) is 11.0. The summed E-state index contributed by atoms with van der Waals surface area (Å²) in [7, 11) is 3.23. The van der Waals surface area contributed by atoms with E-state index in [-0.39, 0.29) is 24.8 Å². The van der Waals surface area contributed by atoms with Crippen LogP contribution in [0.3, 0.4) is 0 Å². The van der Waals surface area contributed by atoms with Crippen LogP contribution >= 0.6 is 0 Å². The normalized spacial score (nSPS) is 11.8. The number of nitrogens with zero attached hydrogens (tertiary/aromatic N) is 1. The van der Waals surface area contributed by atoms with Crippen molar-refractivity contribution in [1.29, 1.82) is 0 Å². The molecule has 4 nitrogen and oxygen atoms in total. The number of rotatable bonds is 6. The van der Waals surface area contributed by atoms with Gasteiger partial charge < -0.3 is 14.7 Å². The molecule has 1 amide bonds. The van der Waals surface area contributed by atoms with Crippen LogP contribution in [-0.2, 0) is 11.2 Å². The third kappa shape index (κ3) is 4.29. The third-order valence-electron chi connectivity index (χ3n) is 3.80. The second-order valence-electron chi connectivity index (χ2n) is 5.28. The van der Waals surface area contributed by atoms with Gasteiger partial charge in [0.05, 0.1) is 26.2 Å².